The fourth-order valence-electron chi connectivity index (χ4n) is 2.34. The van der Waals surface area contributed by atoms with Crippen molar-refractivity contribution >= 4 is 45.8 Å². The van der Waals surface area contributed by atoms with Crippen molar-refractivity contribution in [1.29, 1.82) is 0 Å². The van der Waals surface area contributed by atoms with E-state index in [1.165, 1.54) is 6.08 Å². The third-order valence-electron chi connectivity index (χ3n) is 3.43. The molecule has 1 amide bonds. The average Bonchev–Trinajstić information content (AvgIpc) is 2.99. The van der Waals surface area contributed by atoms with Crippen LogP contribution in [0, 0.1) is 6.92 Å². The van der Waals surface area contributed by atoms with Crippen LogP contribution < -0.4 is 10.6 Å². The fraction of sp³-hybridized carbons (Fsp3) is 0.0526. The first kappa shape index (κ1) is 16.0. The number of benzene rings is 2. The molecule has 2 aromatic carbocycles. The van der Waals surface area contributed by atoms with Gasteiger partial charge in [0.25, 0.3) is 0 Å². The van der Waals surface area contributed by atoms with Gasteiger partial charge in [0, 0.05) is 17.1 Å². The molecule has 0 saturated heterocycles. The summed E-state index contributed by atoms with van der Waals surface area (Å²) in [6.45, 7) is 1.85. The van der Waals surface area contributed by atoms with E-state index < -0.39 is 0 Å². The molecule has 4 nitrogen and oxygen atoms in total. The molecule has 3 rings (SSSR count). The monoisotopic (exact) mass is 336 g/mol. The summed E-state index contributed by atoms with van der Waals surface area (Å²) in [5.41, 5.74) is 0.851. The van der Waals surface area contributed by atoms with Gasteiger partial charge in [-0.15, -0.1) is 0 Å². The summed E-state index contributed by atoms with van der Waals surface area (Å²) < 4.78 is 5.37. The van der Waals surface area contributed by atoms with Crippen LogP contribution >= 0.6 is 12.2 Å². The van der Waals surface area contributed by atoms with Crippen molar-refractivity contribution in [2.24, 2.45) is 0 Å². The summed E-state index contributed by atoms with van der Waals surface area (Å²) in [4.78, 5) is 11.9. The molecule has 24 heavy (non-hydrogen) atoms. The Kier molecular flexibility index (Phi) is 4.72. The highest BCUT2D eigenvalue weighted by molar-refractivity contribution is 7.80. The summed E-state index contributed by atoms with van der Waals surface area (Å²) >= 11 is 5.21. The number of carbonyl (C=O) groups excluding carboxylic acids is 1. The number of hydrogen-bond acceptors (Lipinski definition) is 3. The minimum Gasteiger partial charge on any atom is -0.462 e. The van der Waals surface area contributed by atoms with Crippen molar-refractivity contribution in [3.8, 4) is 0 Å². The average molecular weight is 336 g/mol. The lowest BCUT2D eigenvalue weighted by Crippen LogP contribution is -2.32. The molecule has 0 radical (unpaired) electrons. The van der Waals surface area contributed by atoms with Crippen molar-refractivity contribution in [2.45, 2.75) is 6.92 Å². The third-order valence-corrected chi connectivity index (χ3v) is 3.64. The molecule has 0 unspecified atom stereocenters. The number of aryl methyl sites for hydroxylation is 1. The number of furan rings is 1. The molecule has 2 N–H and O–H groups in total. The minimum absolute atomic E-state index is 0.247. The summed E-state index contributed by atoms with van der Waals surface area (Å²) in [6, 6.07) is 17.5. The number of anilines is 1. The van der Waals surface area contributed by atoms with Crippen LogP contribution in [0.5, 0.6) is 0 Å². The van der Waals surface area contributed by atoms with Crippen LogP contribution in [0.4, 0.5) is 5.69 Å². The van der Waals surface area contributed by atoms with Gasteiger partial charge in [0.1, 0.15) is 11.5 Å². The van der Waals surface area contributed by atoms with Crippen LogP contribution in [-0.4, -0.2) is 11.0 Å². The Bertz CT molecular complexity index is 923. The van der Waals surface area contributed by atoms with Gasteiger partial charge in [-0.05, 0) is 48.8 Å². The van der Waals surface area contributed by atoms with E-state index in [-0.39, 0.29) is 11.0 Å². The van der Waals surface area contributed by atoms with Crippen molar-refractivity contribution in [1.82, 2.24) is 5.32 Å². The number of rotatable bonds is 3. The van der Waals surface area contributed by atoms with E-state index in [1.54, 1.807) is 12.1 Å². The molecule has 0 spiro atoms. The molecular weight excluding hydrogens is 320 g/mol. The number of amides is 1. The van der Waals surface area contributed by atoms with Crippen LogP contribution in [0.2, 0.25) is 0 Å². The zero-order valence-electron chi connectivity index (χ0n) is 13.1. The molecule has 0 bridgehead atoms. The lowest BCUT2D eigenvalue weighted by atomic mass is 10.1. The maximum Gasteiger partial charge on any atom is 0.250 e. The third kappa shape index (κ3) is 3.88. The Hall–Kier alpha value is -2.92. The van der Waals surface area contributed by atoms with Gasteiger partial charge in [-0.25, -0.2) is 0 Å². The minimum atomic E-state index is -0.318. The topological polar surface area (TPSA) is 54.3 Å². The Morgan fingerprint density at radius 2 is 1.88 bits per heavy atom. The zero-order valence-corrected chi connectivity index (χ0v) is 13.9. The lowest BCUT2D eigenvalue weighted by Gasteiger charge is -2.10. The summed E-state index contributed by atoms with van der Waals surface area (Å²) in [5.74, 6) is 1.10. The second-order valence-corrected chi connectivity index (χ2v) is 5.66. The Labute approximate surface area is 145 Å². The van der Waals surface area contributed by atoms with Gasteiger partial charge < -0.3 is 9.73 Å². The van der Waals surface area contributed by atoms with Crippen LogP contribution in [0.25, 0.3) is 16.8 Å². The molecule has 0 fully saturated rings. The predicted octanol–water partition coefficient (Wildman–Crippen LogP) is 4.27. The van der Waals surface area contributed by atoms with Crippen LogP contribution in [0.3, 0.4) is 0 Å². The summed E-state index contributed by atoms with van der Waals surface area (Å²) in [5, 5.41) is 8.07. The van der Waals surface area contributed by atoms with Crippen LogP contribution in [-0.2, 0) is 4.79 Å². The van der Waals surface area contributed by atoms with E-state index >= 15 is 0 Å². The first-order valence-electron chi connectivity index (χ1n) is 7.46. The van der Waals surface area contributed by atoms with Gasteiger partial charge in [0.05, 0.1) is 0 Å². The van der Waals surface area contributed by atoms with E-state index in [2.05, 4.69) is 10.6 Å². The first-order valence-corrected chi connectivity index (χ1v) is 7.87. The normalized spacial score (nSPS) is 10.9. The van der Waals surface area contributed by atoms with E-state index in [0.29, 0.717) is 5.76 Å². The number of thiocarbonyl (C=S) groups is 1. The molecule has 5 heteroatoms. The van der Waals surface area contributed by atoms with Gasteiger partial charge in [0.15, 0.2) is 5.11 Å². The molecule has 3 aromatic rings. The van der Waals surface area contributed by atoms with Gasteiger partial charge >= 0.3 is 0 Å². The molecule has 1 aromatic heterocycles. The SMILES string of the molecule is Cc1ccc(C=CC(=O)NC(=S)Nc2cccc3ccccc23)o1. The van der Waals surface area contributed by atoms with E-state index in [9.17, 15) is 4.79 Å². The van der Waals surface area contributed by atoms with Gasteiger partial charge in [-0.2, -0.15) is 0 Å². The van der Waals surface area contributed by atoms with Gasteiger partial charge in [-0.1, -0.05) is 36.4 Å². The van der Waals surface area contributed by atoms with Crippen molar-refractivity contribution in [2.75, 3.05) is 5.32 Å². The van der Waals surface area contributed by atoms with Crippen LogP contribution in [0.15, 0.2) is 65.1 Å². The molecule has 0 aliphatic heterocycles. The molecule has 120 valence electrons. The Morgan fingerprint density at radius 3 is 2.67 bits per heavy atom. The van der Waals surface area contributed by atoms with Crippen molar-refractivity contribution in [3.63, 3.8) is 0 Å². The zero-order chi connectivity index (χ0) is 16.9. The smallest absolute Gasteiger partial charge is 0.250 e. The van der Waals surface area contributed by atoms with Gasteiger partial charge in [0.2, 0.25) is 5.91 Å². The maximum absolute atomic E-state index is 11.9. The number of hydrogen-bond donors (Lipinski definition) is 2. The van der Waals surface area contributed by atoms with Gasteiger partial charge in [-0.3, -0.25) is 10.1 Å². The highest BCUT2D eigenvalue weighted by Gasteiger charge is 2.05. The molecule has 1 heterocycles. The second-order valence-electron chi connectivity index (χ2n) is 5.25. The first-order chi connectivity index (χ1) is 11.6. The van der Waals surface area contributed by atoms with E-state index in [0.717, 1.165) is 22.2 Å². The standard InChI is InChI=1S/C19H16N2O2S/c1-13-9-10-15(23-13)11-12-18(22)21-19(24)20-17-8-4-6-14-5-2-3-7-16(14)17/h2-12H,1H3,(H2,20,21,22,24). The lowest BCUT2D eigenvalue weighted by molar-refractivity contribution is -0.115. The van der Waals surface area contributed by atoms with Crippen molar-refractivity contribution in [3.05, 3.63) is 72.2 Å². The van der Waals surface area contributed by atoms with Crippen LogP contribution in [0.1, 0.15) is 11.5 Å². The number of carbonyl (C=O) groups is 1. The molecule has 0 saturated carbocycles. The molecule has 0 aliphatic carbocycles. The summed E-state index contributed by atoms with van der Waals surface area (Å²) in [7, 11) is 0. The molecular formula is C19H16N2O2S. The largest absolute Gasteiger partial charge is 0.462 e. The van der Waals surface area contributed by atoms with Crippen molar-refractivity contribution < 1.29 is 9.21 Å². The molecule has 0 aliphatic rings. The maximum atomic E-state index is 11.9. The molecule has 0 atom stereocenters. The van der Waals surface area contributed by atoms with E-state index in [1.807, 2.05) is 55.5 Å². The fourth-order valence-corrected chi connectivity index (χ4v) is 2.55. The van der Waals surface area contributed by atoms with E-state index in [4.69, 9.17) is 16.6 Å². The number of nitrogens with one attached hydrogen (secondary N) is 2. The highest BCUT2D eigenvalue weighted by Crippen LogP contribution is 2.22. The summed E-state index contributed by atoms with van der Waals surface area (Å²) in [6.07, 6.45) is 2.98. The highest BCUT2D eigenvalue weighted by atomic mass is 32.1. The quantitative estimate of drug-likeness (QED) is 0.554. The Balaban J connectivity index is 1.64. The number of fused-ring (bicyclic) bond motifs is 1. The predicted molar refractivity (Wildman–Crippen MR) is 101 cm³/mol. The Morgan fingerprint density at radius 1 is 1.08 bits per heavy atom. The second kappa shape index (κ2) is 7.10.